The van der Waals surface area contributed by atoms with Gasteiger partial charge in [0.2, 0.25) is 0 Å². The van der Waals surface area contributed by atoms with Crippen molar-refractivity contribution in [2.45, 2.75) is 11.8 Å². The van der Waals surface area contributed by atoms with Gasteiger partial charge in [-0.3, -0.25) is 0 Å². The Morgan fingerprint density at radius 2 is 1.72 bits per heavy atom. The highest BCUT2D eigenvalue weighted by Crippen LogP contribution is 2.14. The molecule has 1 fully saturated rings. The number of piperazine rings is 1. The smallest absolute Gasteiger partial charge is 0.253 e. The van der Waals surface area contributed by atoms with Crippen molar-refractivity contribution in [1.82, 2.24) is 14.7 Å². The van der Waals surface area contributed by atoms with E-state index in [1.54, 1.807) is 30.1 Å². The predicted octanol–water partition coefficient (Wildman–Crippen LogP) is 0.436. The fourth-order valence-corrected chi connectivity index (χ4v) is 3.35. The average Bonchev–Trinajstić information content (AvgIpc) is 2.32. The monoisotopic (exact) mass is 269 g/mol. The van der Waals surface area contributed by atoms with Crippen molar-refractivity contribution < 1.29 is 8.42 Å². The van der Waals surface area contributed by atoms with Crippen molar-refractivity contribution >= 4 is 10.0 Å². The summed E-state index contributed by atoms with van der Waals surface area (Å²) < 4.78 is 24.5. The lowest BCUT2D eigenvalue weighted by Gasteiger charge is -2.32. The number of hydrazine groups is 1. The van der Waals surface area contributed by atoms with Crippen LogP contribution in [0.2, 0.25) is 0 Å². The Bertz CT molecular complexity index is 508. The van der Waals surface area contributed by atoms with E-state index >= 15 is 0 Å². The van der Waals surface area contributed by atoms with Gasteiger partial charge >= 0.3 is 0 Å². The van der Waals surface area contributed by atoms with Gasteiger partial charge in [0.05, 0.1) is 4.90 Å². The van der Waals surface area contributed by atoms with Crippen LogP contribution in [-0.4, -0.2) is 51.6 Å². The van der Waals surface area contributed by atoms with E-state index in [0.717, 1.165) is 18.7 Å². The number of hydrogen-bond donors (Lipinski definition) is 1. The van der Waals surface area contributed by atoms with Gasteiger partial charge in [-0.05, 0) is 25.6 Å². The number of nitrogens with one attached hydrogen (secondary N) is 1. The maximum absolute atomic E-state index is 12.2. The highest BCUT2D eigenvalue weighted by molar-refractivity contribution is 7.89. The minimum Gasteiger partial charge on any atom is -0.304 e. The van der Waals surface area contributed by atoms with Crippen LogP contribution >= 0.6 is 0 Å². The Labute approximate surface area is 108 Å². The SMILES string of the molecule is Cc1ccccc1S(=O)(=O)NN1CCN(C)CC1. The molecule has 1 N–H and O–H groups in total. The van der Waals surface area contributed by atoms with E-state index in [4.69, 9.17) is 0 Å². The summed E-state index contributed by atoms with van der Waals surface area (Å²) >= 11 is 0. The first-order valence-corrected chi connectivity index (χ1v) is 7.49. The topological polar surface area (TPSA) is 52.7 Å². The zero-order valence-corrected chi connectivity index (χ0v) is 11.6. The summed E-state index contributed by atoms with van der Waals surface area (Å²) in [5.74, 6) is 0. The van der Waals surface area contributed by atoms with Gasteiger partial charge < -0.3 is 4.90 Å². The van der Waals surface area contributed by atoms with Crippen LogP contribution < -0.4 is 4.83 Å². The van der Waals surface area contributed by atoms with Crippen molar-refractivity contribution in [3.8, 4) is 0 Å². The first-order chi connectivity index (χ1) is 8.49. The van der Waals surface area contributed by atoms with Crippen LogP contribution in [-0.2, 0) is 10.0 Å². The Kier molecular flexibility index (Phi) is 4.01. The second-order valence-electron chi connectivity index (χ2n) is 4.65. The number of aryl methyl sites for hydroxylation is 1. The van der Waals surface area contributed by atoms with E-state index in [1.807, 2.05) is 13.1 Å². The summed E-state index contributed by atoms with van der Waals surface area (Å²) in [6, 6.07) is 7.02. The molecular formula is C12H19N3O2S. The Morgan fingerprint density at radius 1 is 1.11 bits per heavy atom. The van der Waals surface area contributed by atoms with E-state index in [1.165, 1.54) is 0 Å². The zero-order valence-electron chi connectivity index (χ0n) is 10.8. The summed E-state index contributed by atoms with van der Waals surface area (Å²) in [7, 11) is -1.42. The van der Waals surface area contributed by atoms with Gasteiger partial charge in [-0.1, -0.05) is 18.2 Å². The van der Waals surface area contributed by atoms with Crippen LogP contribution in [0.4, 0.5) is 0 Å². The molecule has 1 aliphatic rings. The molecule has 0 aromatic heterocycles. The molecule has 18 heavy (non-hydrogen) atoms. The minimum atomic E-state index is -3.45. The maximum atomic E-state index is 12.2. The first kappa shape index (κ1) is 13.5. The molecule has 2 rings (SSSR count). The molecule has 6 heteroatoms. The quantitative estimate of drug-likeness (QED) is 0.865. The van der Waals surface area contributed by atoms with Crippen molar-refractivity contribution in [3.05, 3.63) is 29.8 Å². The van der Waals surface area contributed by atoms with Crippen molar-refractivity contribution in [3.63, 3.8) is 0 Å². The molecular weight excluding hydrogens is 250 g/mol. The molecule has 100 valence electrons. The molecule has 1 aromatic carbocycles. The highest BCUT2D eigenvalue weighted by Gasteiger charge is 2.22. The highest BCUT2D eigenvalue weighted by atomic mass is 32.2. The molecule has 5 nitrogen and oxygen atoms in total. The van der Waals surface area contributed by atoms with Crippen LogP contribution in [0.3, 0.4) is 0 Å². The fraction of sp³-hybridized carbons (Fsp3) is 0.500. The summed E-state index contributed by atoms with van der Waals surface area (Å²) in [6.07, 6.45) is 0. The number of rotatable bonds is 3. The van der Waals surface area contributed by atoms with Crippen LogP contribution in [0.1, 0.15) is 5.56 Å². The molecule has 0 spiro atoms. The average molecular weight is 269 g/mol. The van der Waals surface area contributed by atoms with E-state index in [9.17, 15) is 8.42 Å². The summed E-state index contributed by atoms with van der Waals surface area (Å²) in [5.41, 5.74) is 0.763. The predicted molar refractivity (Wildman–Crippen MR) is 70.6 cm³/mol. The number of nitrogens with zero attached hydrogens (tertiary/aromatic N) is 2. The minimum absolute atomic E-state index is 0.351. The molecule has 1 saturated heterocycles. The van der Waals surface area contributed by atoms with E-state index in [2.05, 4.69) is 9.73 Å². The molecule has 1 aliphatic heterocycles. The van der Waals surface area contributed by atoms with Crippen LogP contribution in [0.15, 0.2) is 29.2 Å². The molecule has 0 unspecified atom stereocenters. The summed E-state index contributed by atoms with van der Waals surface area (Å²) in [5, 5.41) is 1.77. The van der Waals surface area contributed by atoms with E-state index in [-0.39, 0.29) is 0 Å². The summed E-state index contributed by atoms with van der Waals surface area (Å²) in [4.78, 5) is 5.18. The van der Waals surface area contributed by atoms with Crippen molar-refractivity contribution in [1.29, 1.82) is 0 Å². The number of likely N-dealkylation sites (N-methyl/N-ethyl adjacent to an activating group) is 1. The molecule has 0 atom stereocenters. The summed E-state index contributed by atoms with van der Waals surface area (Å²) in [6.45, 7) is 4.97. The van der Waals surface area contributed by atoms with Gasteiger partial charge in [-0.25, -0.2) is 13.4 Å². The molecule has 0 saturated carbocycles. The third-order valence-electron chi connectivity index (χ3n) is 3.14. The number of hydrogen-bond acceptors (Lipinski definition) is 4. The second kappa shape index (κ2) is 5.36. The van der Waals surface area contributed by atoms with E-state index in [0.29, 0.717) is 18.0 Å². The third-order valence-corrected chi connectivity index (χ3v) is 4.67. The van der Waals surface area contributed by atoms with Gasteiger partial charge in [0.25, 0.3) is 10.0 Å². The van der Waals surface area contributed by atoms with Gasteiger partial charge in [-0.15, -0.1) is 4.83 Å². The standard InChI is InChI=1S/C12H19N3O2S/c1-11-5-3-4-6-12(11)18(16,17)13-15-9-7-14(2)8-10-15/h3-6,13H,7-10H2,1-2H3. The van der Waals surface area contributed by atoms with Crippen molar-refractivity contribution in [2.75, 3.05) is 33.2 Å². The lowest BCUT2D eigenvalue weighted by atomic mass is 10.2. The largest absolute Gasteiger partial charge is 0.304 e. The van der Waals surface area contributed by atoms with Gasteiger partial charge in [0.1, 0.15) is 0 Å². The fourth-order valence-electron chi connectivity index (χ4n) is 1.97. The lowest BCUT2D eigenvalue weighted by molar-refractivity contribution is 0.135. The van der Waals surface area contributed by atoms with Crippen LogP contribution in [0, 0.1) is 6.92 Å². The number of sulfonamides is 1. The van der Waals surface area contributed by atoms with Crippen LogP contribution in [0.25, 0.3) is 0 Å². The molecule has 0 radical (unpaired) electrons. The van der Waals surface area contributed by atoms with Gasteiger partial charge in [-0.2, -0.15) is 0 Å². The maximum Gasteiger partial charge on any atom is 0.253 e. The Balaban J connectivity index is 2.11. The Hall–Kier alpha value is -0.950. The van der Waals surface area contributed by atoms with E-state index < -0.39 is 10.0 Å². The zero-order chi connectivity index (χ0) is 13.2. The van der Waals surface area contributed by atoms with Gasteiger partial charge in [0, 0.05) is 26.2 Å². The third kappa shape index (κ3) is 3.08. The second-order valence-corrected chi connectivity index (χ2v) is 6.28. The molecule has 0 amide bonds. The molecule has 0 bridgehead atoms. The molecule has 1 aromatic rings. The molecule has 1 heterocycles. The normalized spacial score (nSPS) is 19.0. The van der Waals surface area contributed by atoms with Crippen molar-refractivity contribution in [2.24, 2.45) is 0 Å². The molecule has 0 aliphatic carbocycles. The van der Waals surface area contributed by atoms with Crippen LogP contribution in [0.5, 0.6) is 0 Å². The lowest BCUT2D eigenvalue weighted by Crippen LogP contribution is -2.52. The number of benzene rings is 1. The first-order valence-electron chi connectivity index (χ1n) is 6.00. The Morgan fingerprint density at radius 3 is 2.33 bits per heavy atom. The van der Waals surface area contributed by atoms with Gasteiger partial charge in [0.15, 0.2) is 0 Å².